The molecule has 0 saturated carbocycles. The number of aromatic nitrogens is 2. The Kier molecular flexibility index (Phi) is 4.55. The summed E-state index contributed by atoms with van der Waals surface area (Å²) in [5.41, 5.74) is -0.0874. The maximum atomic E-state index is 13.6. The fourth-order valence-electron chi connectivity index (χ4n) is 3.86. The van der Waals surface area contributed by atoms with Crippen molar-refractivity contribution in [3.63, 3.8) is 0 Å². The number of carbonyl (C=O) groups is 1. The van der Waals surface area contributed by atoms with Gasteiger partial charge in [0.25, 0.3) is 5.91 Å². The van der Waals surface area contributed by atoms with Crippen molar-refractivity contribution in [2.24, 2.45) is 0 Å². The third-order valence-corrected chi connectivity index (χ3v) is 4.86. The summed E-state index contributed by atoms with van der Waals surface area (Å²) in [6.07, 6.45) is -1.23. The van der Waals surface area contributed by atoms with Gasteiger partial charge in [0.1, 0.15) is 18.0 Å². The average molecular weight is 386 g/mol. The normalized spacial score (nSPS) is 25.6. The molecule has 2 bridgehead atoms. The number of amides is 1. The van der Waals surface area contributed by atoms with Crippen LogP contribution in [0.5, 0.6) is 0 Å². The number of hydrogen-bond acceptors (Lipinski definition) is 4. The average Bonchev–Trinajstić information content (AvgIpc) is 2.90. The lowest BCUT2D eigenvalue weighted by molar-refractivity contribution is -0.139. The van der Waals surface area contributed by atoms with E-state index in [2.05, 4.69) is 15.6 Å². The number of piperidine rings is 1. The molecule has 0 aromatic carbocycles. The van der Waals surface area contributed by atoms with E-state index in [-0.39, 0.29) is 34.7 Å². The Balaban J connectivity index is 1.60. The van der Waals surface area contributed by atoms with Gasteiger partial charge >= 0.3 is 6.18 Å². The zero-order valence-corrected chi connectivity index (χ0v) is 14.2. The summed E-state index contributed by atoms with van der Waals surface area (Å²) in [6.45, 7) is -0.184. The van der Waals surface area contributed by atoms with Crippen LogP contribution in [-0.4, -0.2) is 53.0 Å². The van der Waals surface area contributed by atoms with E-state index in [1.54, 1.807) is 0 Å². The first-order valence-electron chi connectivity index (χ1n) is 8.64. The second kappa shape index (κ2) is 6.75. The number of nitrogens with one attached hydrogen (secondary N) is 2. The van der Waals surface area contributed by atoms with Crippen molar-refractivity contribution in [3.05, 3.63) is 29.8 Å². The first kappa shape index (κ1) is 18.2. The number of pyridine rings is 1. The van der Waals surface area contributed by atoms with Crippen LogP contribution in [0.2, 0.25) is 0 Å². The molecule has 2 saturated heterocycles. The summed E-state index contributed by atoms with van der Waals surface area (Å²) >= 11 is 0. The van der Waals surface area contributed by atoms with Gasteiger partial charge in [-0.25, -0.2) is 9.37 Å². The largest absolute Gasteiger partial charge is 0.406 e. The van der Waals surface area contributed by atoms with Crippen LogP contribution in [0.15, 0.2) is 18.5 Å². The van der Waals surface area contributed by atoms with Crippen LogP contribution in [0.25, 0.3) is 11.0 Å². The molecule has 2 aliphatic heterocycles. The summed E-state index contributed by atoms with van der Waals surface area (Å²) in [6, 6.07) is 1.18. The number of fused-ring (bicyclic) bond motifs is 3. The van der Waals surface area contributed by atoms with Crippen LogP contribution in [-0.2, 0) is 11.3 Å². The zero-order valence-electron chi connectivity index (χ0n) is 14.2. The lowest BCUT2D eigenvalue weighted by Gasteiger charge is -2.40. The van der Waals surface area contributed by atoms with Gasteiger partial charge in [0.15, 0.2) is 0 Å². The second-order valence-electron chi connectivity index (χ2n) is 7.05. The van der Waals surface area contributed by atoms with Gasteiger partial charge in [0.05, 0.1) is 25.0 Å². The van der Waals surface area contributed by atoms with Crippen LogP contribution in [0, 0.1) is 5.82 Å². The molecule has 1 amide bonds. The van der Waals surface area contributed by atoms with Gasteiger partial charge < -0.3 is 19.9 Å². The molecule has 0 spiro atoms. The zero-order chi connectivity index (χ0) is 19.2. The number of ether oxygens (including phenoxy) is 1. The molecule has 27 heavy (non-hydrogen) atoms. The number of morpholine rings is 1. The highest BCUT2D eigenvalue weighted by Crippen LogP contribution is 2.26. The number of alkyl halides is 3. The van der Waals surface area contributed by atoms with E-state index in [4.69, 9.17) is 4.74 Å². The van der Waals surface area contributed by atoms with Crippen molar-refractivity contribution in [1.82, 2.24) is 20.2 Å². The van der Waals surface area contributed by atoms with Gasteiger partial charge in [0, 0.05) is 29.7 Å². The van der Waals surface area contributed by atoms with Crippen LogP contribution in [0.1, 0.15) is 23.2 Å². The minimum atomic E-state index is -4.48. The van der Waals surface area contributed by atoms with Gasteiger partial charge in [0.2, 0.25) is 0 Å². The number of halogens is 4. The van der Waals surface area contributed by atoms with Crippen molar-refractivity contribution >= 4 is 16.9 Å². The molecule has 2 unspecified atom stereocenters. The molecule has 2 aromatic heterocycles. The fraction of sp³-hybridized carbons (Fsp3) is 0.529. The Morgan fingerprint density at radius 2 is 2.04 bits per heavy atom. The molecule has 2 fully saturated rings. The van der Waals surface area contributed by atoms with Gasteiger partial charge in [-0.15, -0.1) is 0 Å². The van der Waals surface area contributed by atoms with E-state index in [9.17, 15) is 22.4 Å². The molecule has 6 nitrogen and oxygen atoms in total. The standard InChI is InChI=1S/C17H18F4N4O2/c18-9-1-13-14(5-25(8-17(19,20)21)15(13)22-4-9)16(26)24-10-2-11-6-27-7-12(3-10)23-11/h1,4-5,10-12,23H,2-3,6-8H2,(H,24,26). The maximum absolute atomic E-state index is 13.6. The van der Waals surface area contributed by atoms with Crippen LogP contribution >= 0.6 is 0 Å². The molecule has 0 aliphatic carbocycles. The molecule has 4 heterocycles. The summed E-state index contributed by atoms with van der Waals surface area (Å²) in [7, 11) is 0. The summed E-state index contributed by atoms with van der Waals surface area (Å²) in [4.78, 5) is 16.5. The smallest absolute Gasteiger partial charge is 0.378 e. The molecule has 2 atom stereocenters. The lowest BCUT2D eigenvalue weighted by Crippen LogP contribution is -2.58. The SMILES string of the molecule is O=C(NC1CC2COCC(C1)N2)c1cn(CC(F)(F)F)c2ncc(F)cc12. The van der Waals surface area contributed by atoms with Crippen LogP contribution in [0.4, 0.5) is 17.6 Å². The van der Waals surface area contributed by atoms with Gasteiger partial charge in [-0.3, -0.25) is 4.79 Å². The first-order valence-corrected chi connectivity index (χ1v) is 8.64. The summed E-state index contributed by atoms with van der Waals surface area (Å²) in [5.74, 6) is -1.24. The first-order chi connectivity index (χ1) is 12.8. The van der Waals surface area contributed by atoms with Crippen molar-refractivity contribution in [2.75, 3.05) is 13.2 Å². The van der Waals surface area contributed by atoms with E-state index in [0.29, 0.717) is 26.1 Å². The second-order valence-corrected chi connectivity index (χ2v) is 7.05. The molecular weight excluding hydrogens is 368 g/mol. The van der Waals surface area contributed by atoms with Crippen molar-refractivity contribution in [1.29, 1.82) is 0 Å². The van der Waals surface area contributed by atoms with E-state index >= 15 is 0 Å². The van der Waals surface area contributed by atoms with Gasteiger partial charge in [-0.1, -0.05) is 0 Å². The highest BCUT2D eigenvalue weighted by Gasteiger charge is 2.34. The number of hydrogen-bond donors (Lipinski definition) is 2. The molecular formula is C17H18F4N4O2. The van der Waals surface area contributed by atoms with Gasteiger partial charge in [-0.2, -0.15) is 13.2 Å². The maximum Gasteiger partial charge on any atom is 0.406 e. The molecule has 2 N–H and O–H groups in total. The predicted octanol–water partition coefficient (Wildman–Crippen LogP) is 1.99. The Hall–Kier alpha value is -2.20. The highest BCUT2D eigenvalue weighted by molar-refractivity contribution is 6.06. The molecule has 10 heteroatoms. The minimum Gasteiger partial charge on any atom is -0.378 e. The Morgan fingerprint density at radius 1 is 1.33 bits per heavy atom. The summed E-state index contributed by atoms with van der Waals surface area (Å²) < 4.78 is 58.3. The summed E-state index contributed by atoms with van der Waals surface area (Å²) in [5, 5.41) is 6.33. The van der Waals surface area contributed by atoms with Crippen molar-refractivity contribution in [3.8, 4) is 0 Å². The molecule has 2 aromatic rings. The lowest BCUT2D eigenvalue weighted by atomic mass is 9.92. The van der Waals surface area contributed by atoms with E-state index in [1.807, 2.05) is 0 Å². The molecule has 146 valence electrons. The topological polar surface area (TPSA) is 68.2 Å². The van der Waals surface area contributed by atoms with E-state index in [0.717, 1.165) is 23.0 Å². The van der Waals surface area contributed by atoms with E-state index < -0.39 is 24.4 Å². The van der Waals surface area contributed by atoms with Gasteiger partial charge in [-0.05, 0) is 18.9 Å². The van der Waals surface area contributed by atoms with Crippen LogP contribution in [0.3, 0.4) is 0 Å². The van der Waals surface area contributed by atoms with Crippen molar-refractivity contribution in [2.45, 2.75) is 43.7 Å². The number of nitrogens with zero attached hydrogens (tertiary/aromatic N) is 2. The monoisotopic (exact) mass is 386 g/mol. The fourth-order valence-corrected chi connectivity index (χ4v) is 3.86. The Labute approximate surface area is 151 Å². The molecule has 0 radical (unpaired) electrons. The quantitative estimate of drug-likeness (QED) is 0.792. The molecule has 2 aliphatic rings. The third kappa shape index (κ3) is 3.91. The predicted molar refractivity (Wildman–Crippen MR) is 87.8 cm³/mol. The van der Waals surface area contributed by atoms with E-state index in [1.165, 1.54) is 0 Å². The number of carbonyl (C=O) groups excluding carboxylic acids is 1. The highest BCUT2D eigenvalue weighted by atomic mass is 19.4. The Bertz CT molecular complexity index is 854. The molecule has 4 rings (SSSR count). The minimum absolute atomic E-state index is 0.0128. The van der Waals surface area contributed by atoms with Crippen LogP contribution < -0.4 is 10.6 Å². The van der Waals surface area contributed by atoms with Crippen molar-refractivity contribution < 1.29 is 27.1 Å². The number of rotatable bonds is 3. The third-order valence-electron chi connectivity index (χ3n) is 4.86. The Morgan fingerprint density at radius 3 is 2.70 bits per heavy atom.